The van der Waals surface area contributed by atoms with Gasteiger partial charge in [0.05, 0.1) is 17.4 Å². The summed E-state index contributed by atoms with van der Waals surface area (Å²) < 4.78 is 2.07. The van der Waals surface area contributed by atoms with Crippen molar-refractivity contribution >= 4 is 22.8 Å². The van der Waals surface area contributed by atoms with Gasteiger partial charge in [0, 0.05) is 20.1 Å². The van der Waals surface area contributed by atoms with Crippen molar-refractivity contribution in [3.8, 4) is 0 Å². The van der Waals surface area contributed by atoms with Gasteiger partial charge in [-0.1, -0.05) is 12.1 Å². The van der Waals surface area contributed by atoms with Crippen LogP contribution >= 0.6 is 0 Å². The molecule has 22 heavy (non-hydrogen) atoms. The molecule has 0 aliphatic heterocycles. The maximum atomic E-state index is 10.8. The molecule has 0 atom stereocenters. The van der Waals surface area contributed by atoms with Crippen molar-refractivity contribution in [1.82, 2.24) is 19.7 Å². The summed E-state index contributed by atoms with van der Waals surface area (Å²) in [5, 5.41) is 16.4. The first kappa shape index (κ1) is 14.0. The van der Waals surface area contributed by atoms with E-state index >= 15 is 0 Å². The number of rotatable bonds is 5. The molecule has 1 aromatic carbocycles. The Kier molecular flexibility index (Phi) is 3.69. The first-order chi connectivity index (χ1) is 10.6. The number of hydrogen-bond donors (Lipinski definition) is 1. The summed E-state index contributed by atoms with van der Waals surface area (Å²) in [5.74, 6) is -0.444. The molecule has 0 radical (unpaired) electrons. The largest absolute Gasteiger partial charge is 0.476 e. The molecule has 7 heteroatoms. The SMILES string of the molecule is CN(CCn1cnc2ccccc21)c1ccc(C(=O)O)nn1. The van der Waals surface area contributed by atoms with Crippen LogP contribution < -0.4 is 4.90 Å². The van der Waals surface area contributed by atoms with Gasteiger partial charge >= 0.3 is 5.97 Å². The van der Waals surface area contributed by atoms with E-state index in [2.05, 4.69) is 19.7 Å². The molecule has 0 aliphatic rings. The Labute approximate surface area is 126 Å². The number of carbonyl (C=O) groups is 1. The number of hydrogen-bond acceptors (Lipinski definition) is 5. The fourth-order valence-corrected chi connectivity index (χ4v) is 2.20. The van der Waals surface area contributed by atoms with Crippen molar-refractivity contribution in [2.45, 2.75) is 6.54 Å². The quantitative estimate of drug-likeness (QED) is 0.771. The van der Waals surface area contributed by atoms with Crippen LogP contribution in [0.4, 0.5) is 5.82 Å². The van der Waals surface area contributed by atoms with Gasteiger partial charge in [0.1, 0.15) is 0 Å². The van der Waals surface area contributed by atoms with E-state index in [-0.39, 0.29) is 5.69 Å². The predicted octanol–water partition coefficient (Wildman–Crippen LogP) is 1.66. The van der Waals surface area contributed by atoms with Crippen LogP contribution in [0, 0.1) is 0 Å². The van der Waals surface area contributed by atoms with Crippen LogP contribution in [-0.4, -0.2) is 44.4 Å². The highest BCUT2D eigenvalue weighted by Crippen LogP contribution is 2.13. The standard InChI is InChI=1S/C15H15N5O2/c1-19(14-7-6-12(15(21)22)17-18-14)8-9-20-10-16-11-4-2-3-5-13(11)20/h2-7,10H,8-9H2,1H3,(H,21,22). The van der Waals surface area contributed by atoms with E-state index in [9.17, 15) is 4.79 Å². The van der Waals surface area contributed by atoms with Crippen molar-refractivity contribution in [3.63, 3.8) is 0 Å². The van der Waals surface area contributed by atoms with Crippen LogP contribution in [0.5, 0.6) is 0 Å². The normalized spacial score (nSPS) is 10.8. The second-order valence-electron chi connectivity index (χ2n) is 4.93. The second kappa shape index (κ2) is 5.80. The number of nitrogens with zero attached hydrogens (tertiary/aromatic N) is 5. The fourth-order valence-electron chi connectivity index (χ4n) is 2.20. The summed E-state index contributed by atoms with van der Waals surface area (Å²) >= 11 is 0. The molecule has 0 spiro atoms. The predicted molar refractivity (Wildman–Crippen MR) is 82.0 cm³/mol. The number of carboxylic acids is 1. The Morgan fingerprint density at radius 2 is 2.05 bits per heavy atom. The second-order valence-corrected chi connectivity index (χ2v) is 4.93. The molecule has 0 saturated heterocycles. The molecule has 3 rings (SSSR count). The van der Waals surface area contributed by atoms with Crippen LogP contribution in [0.15, 0.2) is 42.7 Å². The maximum absolute atomic E-state index is 10.8. The number of carboxylic acid groups (broad SMARTS) is 1. The number of aromatic carboxylic acids is 1. The number of benzene rings is 1. The summed E-state index contributed by atoms with van der Waals surface area (Å²) in [7, 11) is 1.89. The average molecular weight is 297 g/mol. The highest BCUT2D eigenvalue weighted by molar-refractivity contribution is 5.85. The van der Waals surface area contributed by atoms with Crippen LogP contribution in [0.3, 0.4) is 0 Å². The van der Waals surface area contributed by atoms with Crippen molar-refractivity contribution in [2.24, 2.45) is 0 Å². The first-order valence-electron chi connectivity index (χ1n) is 6.83. The van der Waals surface area contributed by atoms with E-state index in [1.165, 1.54) is 6.07 Å². The lowest BCUT2D eigenvalue weighted by molar-refractivity contribution is 0.0689. The Bertz CT molecular complexity index is 797. The molecule has 2 aromatic heterocycles. The van der Waals surface area contributed by atoms with Gasteiger partial charge in [-0.2, -0.15) is 0 Å². The van der Waals surface area contributed by atoms with E-state index in [1.54, 1.807) is 6.07 Å². The number of imidazole rings is 1. The van der Waals surface area contributed by atoms with Gasteiger partial charge in [0.25, 0.3) is 0 Å². The summed E-state index contributed by atoms with van der Waals surface area (Å²) in [6, 6.07) is 11.1. The lowest BCUT2D eigenvalue weighted by atomic mass is 10.3. The first-order valence-corrected chi connectivity index (χ1v) is 6.83. The Hall–Kier alpha value is -2.96. The van der Waals surface area contributed by atoms with Crippen LogP contribution in [0.2, 0.25) is 0 Å². The summed E-state index contributed by atoms with van der Waals surface area (Å²) in [4.78, 5) is 17.0. The summed E-state index contributed by atoms with van der Waals surface area (Å²) in [5.41, 5.74) is 2.00. The van der Waals surface area contributed by atoms with Gasteiger partial charge in [-0.05, 0) is 24.3 Å². The monoisotopic (exact) mass is 297 g/mol. The van der Waals surface area contributed by atoms with Crippen LogP contribution in [0.25, 0.3) is 11.0 Å². The van der Waals surface area contributed by atoms with Gasteiger partial charge in [-0.15, -0.1) is 10.2 Å². The van der Waals surface area contributed by atoms with E-state index in [0.717, 1.165) is 17.6 Å². The number of para-hydroxylation sites is 2. The molecule has 0 fully saturated rings. The number of likely N-dealkylation sites (N-methyl/N-ethyl adjacent to an activating group) is 1. The zero-order valence-corrected chi connectivity index (χ0v) is 12.0. The average Bonchev–Trinajstić information content (AvgIpc) is 2.96. The van der Waals surface area contributed by atoms with E-state index < -0.39 is 5.97 Å². The van der Waals surface area contributed by atoms with Crippen LogP contribution in [0.1, 0.15) is 10.5 Å². The molecular weight excluding hydrogens is 282 g/mol. The van der Waals surface area contributed by atoms with Crippen molar-refractivity contribution < 1.29 is 9.90 Å². The highest BCUT2D eigenvalue weighted by atomic mass is 16.4. The maximum Gasteiger partial charge on any atom is 0.356 e. The Morgan fingerprint density at radius 3 is 2.77 bits per heavy atom. The van der Waals surface area contributed by atoms with E-state index in [1.807, 2.05) is 42.5 Å². The van der Waals surface area contributed by atoms with Crippen LogP contribution in [-0.2, 0) is 6.54 Å². The Balaban J connectivity index is 1.69. The van der Waals surface area contributed by atoms with Crippen molar-refractivity contribution in [2.75, 3.05) is 18.5 Å². The lowest BCUT2D eigenvalue weighted by Gasteiger charge is -2.17. The molecule has 1 N–H and O–H groups in total. The molecule has 0 bridgehead atoms. The third-order valence-corrected chi connectivity index (χ3v) is 3.46. The lowest BCUT2D eigenvalue weighted by Crippen LogP contribution is -2.24. The zero-order valence-electron chi connectivity index (χ0n) is 12.0. The molecule has 3 aromatic rings. The molecule has 0 amide bonds. The minimum Gasteiger partial charge on any atom is -0.476 e. The fraction of sp³-hybridized carbons (Fsp3) is 0.200. The summed E-state index contributed by atoms with van der Waals surface area (Å²) in [6.45, 7) is 1.46. The molecule has 0 saturated carbocycles. The summed E-state index contributed by atoms with van der Waals surface area (Å²) in [6.07, 6.45) is 1.82. The number of anilines is 1. The minimum absolute atomic E-state index is 0.0576. The minimum atomic E-state index is -1.08. The Morgan fingerprint density at radius 1 is 1.23 bits per heavy atom. The zero-order chi connectivity index (χ0) is 15.5. The van der Waals surface area contributed by atoms with Gasteiger partial charge < -0.3 is 14.6 Å². The smallest absolute Gasteiger partial charge is 0.356 e. The molecule has 2 heterocycles. The number of aromatic nitrogens is 4. The van der Waals surface area contributed by atoms with E-state index in [4.69, 9.17) is 5.11 Å². The van der Waals surface area contributed by atoms with E-state index in [0.29, 0.717) is 12.4 Å². The molecule has 0 unspecified atom stereocenters. The molecule has 7 nitrogen and oxygen atoms in total. The van der Waals surface area contributed by atoms with Gasteiger partial charge in [-0.25, -0.2) is 9.78 Å². The van der Waals surface area contributed by atoms with Gasteiger partial charge in [0.15, 0.2) is 11.5 Å². The number of fused-ring (bicyclic) bond motifs is 1. The van der Waals surface area contributed by atoms with Gasteiger partial charge in [-0.3, -0.25) is 0 Å². The topological polar surface area (TPSA) is 84.1 Å². The van der Waals surface area contributed by atoms with Crippen molar-refractivity contribution in [3.05, 3.63) is 48.4 Å². The van der Waals surface area contributed by atoms with Gasteiger partial charge in [0.2, 0.25) is 0 Å². The molecule has 0 aliphatic carbocycles. The third kappa shape index (κ3) is 2.73. The van der Waals surface area contributed by atoms with Crippen molar-refractivity contribution in [1.29, 1.82) is 0 Å². The molecule has 112 valence electrons. The third-order valence-electron chi connectivity index (χ3n) is 3.46. The highest BCUT2D eigenvalue weighted by Gasteiger charge is 2.08. The molecular formula is C15H15N5O2.